The minimum absolute atomic E-state index is 0.0404. The molecule has 0 atom stereocenters. The maximum Gasteiger partial charge on any atom is 0.271 e. The molecule has 0 radical (unpaired) electrons. The fourth-order valence-electron chi connectivity index (χ4n) is 3.05. The van der Waals surface area contributed by atoms with Crippen molar-refractivity contribution in [3.8, 4) is 17.2 Å². The van der Waals surface area contributed by atoms with Crippen LogP contribution in [-0.2, 0) is 13.7 Å². The zero-order valence-electron chi connectivity index (χ0n) is 16.2. The number of fused-ring (bicyclic) bond motifs is 1. The molecule has 4 aromatic rings. The fourth-order valence-corrected chi connectivity index (χ4v) is 3.05. The van der Waals surface area contributed by atoms with Crippen LogP contribution in [0.15, 0.2) is 59.5 Å². The van der Waals surface area contributed by atoms with Crippen molar-refractivity contribution < 1.29 is 14.4 Å². The molecule has 0 saturated carbocycles. The van der Waals surface area contributed by atoms with E-state index in [2.05, 4.69) is 10.3 Å². The molecule has 0 unspecified atom stereocenters. The lowest BCUT2D eigenvalue weighted by atomic mass is 10.2. The van der Waals surface area contributed by atoms with E-state index in [-0.39, 0.29) is 17.9 Å². The van der Waals surface area contributed by atoms with Crippen LogP contribution in [0, 0.1) is 10.1 Å². The van der Waals surface area contributed by atoms with E-state index in [1.165, 1.54) is 27.4 Å². The lowest BCUT2D eigenvalue weighted by Crippen LogP contribution is -2.16. The third kappa shape index (κ3) is 3.58. The lowest BCUT2D eigenvalue weighted by Gasteiger charge is -2.12. The monoisotopic (exact) mass is 407 g/mol. The Balaban J connectivity index is 1.61. The number of aryl methyl sites for hydroxylation is 1. The summed E-state index contributed by atoms with van der Waals surface area (Å²) in [6.07, 6.45) is 1.61. The van der Waals surface area contributed by atoms with Crippen LogP contribution in [0.4, 0.5) is 5.69 Å². The second kappa shape index (κ2) is 7.66. The second-order valence-electron chi connectivity index (χ2n) is 6.51. The summed E-state index contributed by atoms with van der Waals surface area (Å²) in [6.45, 7) is 0.0639. The van der Waals surface area contributed by atoms with Gasteiger partial charge in [0.2, 0.25) is 0 Å². The Morgan fingerprint density at radius 2 is 2.00 bits per heavy atom. The number of ether oxygens (including phenoxy) is 2. The maximum absolute atomic E-state index is 12.3. The van der Waals surface area contributed by atoms with Gasteiger partial charge < -0.3 is 14.0 Å². The highest BCUT2D eigenvalue weighted by Gasteiger charge is 2.12. The first-order valence-corrected chi connectivity index (χ1v) is 8.93. The smallest absolute Gasteiger partial charge is 0.271 e. The molecule has 30 heavy (non-hydrogen) atoms. The van der Waals surface area contributed by atoms with E-state index < -0.39 is 4.92 Å². The van der Waals surface area contributed by atoms with Gasteiger partial charge in [-0.3, -0.25) is 14.9 Å². The van der Waals surface area contributed by atoms with Crippen molar-refractivity contribution in [1.82, 2.24) is 19.6 Å². The van der Waals surface area contributed by atoms with Gasteiger partial charge >= 0.3 is 0 Å². The molecular formula is C20H17N5O5. The van der Waals surface area contributed by atoms with E-state index in [0.29, 0.717) is 28.4 Å². The number of rotatable bonds is 6. The molecule has 0 saturated heterocycles. The molecule has 0 aliphatic carbocycles. The van der Waals surface area contributed by atoms with Gasteiger partial charge in [0, 0.05) is 30.6 Å². The van der Waals surface area contributed by atoms with Crippen LogP contribution in [-0.4, -0.2) is 31.6 Å². The number of nitro groups is 1. The molecule has 10 heteroatoms. The van der Waals surface area contributed by atoms with E-state index in [4.69, 9.17) is 9.47 Å². The molecule has 0 aliphatic rings. The van der Waals surface area contributed by atoms with Crippen LogP contribution in [0.1, 0.15) is 5.69 Å². The second-order valence-corrected chi connectivity index (χ2v) is 6.51. The Labute approximate surface area is 170 Å². The summed E-state index contributed by atoms with van der Waals surface area (Å²) in [6, 6.07) is 12.8. The van der Waals surface area contributed by atoms with Gasteiger partial charge in [-0.25, -0.2) is 4.68 Å². The number of methoxy groups -OCH3 is 1. The van der Waals surface area contributed by atoms with Crippen molar-refractivity contribution in [2.24, 2.45) is 7.05 Å². The normalized spacial score (nSPS) is 10.9. The van der Waals surface area contributed by atoms with Crippen LogP contribution >= 0.6 is 0 Å². The molecule has 0 N–H and O–H groups in total. The zero-order chi connectivity index (χ0) is 21.3. The average Bonchev–Trinajstić information content (AvgIpc) is 3.24. The summed E-state index contributed by atoms with van der Waals surface area (Å²) < 4.78 is 14.1. The summed E-state index contributed by atoms with van der Waals surface area (Å²) in [5.74, 6) is 1.04. The van der Waals surface area contributed by atoms with E-state index in [9.17, 15) is 14.9 Å². The predicted octanol–water partition coefficient (Wildman–Crippen LogP) is 2.62. The summed E-state index contributed by atoms with van der Waals surface area (Å²) in [5.41, 5.74) is 1.47. The van der Waals surface area contributed by atoms with E-state index in [1.54, 1.807) is 50.7 Å². The molecule has 4 rings (SSSR count). The number of nitro benzene ring substituents is 1. The number of aromatic nitrogens is 4. The van der Waals surface area contributed by atoms with Gasteiger partial charge in [0.15, 0.2) is 0 Å². The van der Waals surface area contributed by atoms with Crippen molar-refractivity contribution in [3.05, 3.63) is 80.9 Å². The molecule has 0 spiro atoms. The van der Waals surface area contributed by atoms with E-state index in [1.807, 2.05) is 0 Å². The number of non-ortho nitro benzene ring substituents is 1. The molecule has 10 nitrogen and oxygen atoms in total. The third-order valence-electron chi connectivity index (χ3n) is 4.64. The van der Waals surface area contributed by atoms with Crippen molar-refractivity contribution in [2.75, 3.05) is 7.11 Å². The molecule has 2 heterocycles. The zero-order valence-corrected chi connectivity index (χ0v) is 16.2. The Bertz CT molecular complexity index is 1310. The molecule has 0 bridgehead atoms. The summed E-state index contributed by atoms with van der Waals surface area (Å²) in [7, 11) is 3.25. The minimum Gasteiger partial charge on any atom is -0.497 e. The average molecular weight is 407 g/mol. The van der Waals surface area contributed by atoms with Gasteiger partial charge in [0.25, 0.3) is 11.2 Å². The lowest BCUT2D eigenvalue weighted by molar-refractivity contribution is -0.384. The van der Waals surface area contributed by atoms with Crippen LogP contribution in [0.25, 0.3) is 16.6 Å². The van der Waals surface area contributed by atoms with Gasteiger partial charge in [-0.1, -0.05) is 11.3 Å². The molecular weight excluding hydrogens is 390 g/mol. The van der Waals surface area contributed by atoms with Crippen LogP contribution < -0.4 is 15.0 Å². The Morgan fingerprint density at radius 1 is 1.17 bits per heavy atom. The van der Waals surface area contributed by atoms with Gasteiger partial charge in [-0.05, 0) is 24.3 Å². The van der Waals surface area contributed by atoms with Gasteiger partial charge in [-0.15, -0.1) is 5.10 Å². The van der Waals surface area contributed by atoms with Crippen LogP contribution in [0.5, 0.6) is 11.5 Å². The Kier molecular flexibility index (Phi) is 4.88. The number of pyridine rings is 1. The minimum atomic E-state index is -0.472. The molecule has 2 aromatic carbocycles. The Morgan fingerprint density at radius 3 is 2.77 bits per heavy atom. The summed E-state index contributed by atoms with van der Waals surface area (Å²) in [5, 5.41) is 19.7. The largest absolute Gasteiger partial charge is 0.497 e. The van der Waals surface area contributed by atoms with Crippen molar-refractivity contribution in [1.29, 1.82) is 0 Å². The van der Waals surface area contributed by atoms with Crippen molar-refractivity contribution in [2.45, 2.75) is 6.61 Å². The highest BCUT2D eigenvalue weighted by molar-refractivity contribution is 5.86. The standard InChI is InChI=1S/C20H17N5O5/c1-23-18-7-6-16(29-2)9-17(18)19(10-20(23)26)30-12-13-11-24(22-21-13)14-4-3-5-15(8-14)25(27)28/h3-11H,12H2,1-2H3. The molecule has 0 fully saturated rings. The summed E-state index contributed by atoms with van der Waals surface area (Å²) >= 11 is 0. The van der Waals surface area contributed by atoms with Crippen molar-refractivity contribution >= 4 is 16.6 Å². The first kappa shape index (κ1) is 19.1. The molecule has 0 amide bonds. The molecule has 0 aliphatic heterocycles. The van der Waals surface area contributed by atoms with Gasteiger partial charge in [-0.2, -0.15) is 0 Å². The Hall–Kier alpha value is -4.21. The molecule has 2 aromatic heterocycles. The van der Waals surface area contributed by atoms with Gasteiger partial charge in [0.05, 0.1) is 29.4 Å². The number of nitrogens with zero attached hydrogens (tertiary/aromatic N) is 5. The predicted molar refractivity (Wildman–Crippen MR) is 108 cm³/mol. The number of hydrogen-bond acceptors (Lipinski definition) is 7. The SMILES string of the molecule is COc1ccc2c(c1)c(OCc1cn(-c3cccc([N+](=O)[O-])c3)nn1)cc(=O)n2C. The quantitative estimate of drug-likeness (QED) is 0.356. The highest BCUT2D eigenvalue weighted by atomic mass is 16.6. The van der Waals surface area contributed by atoms with E-state index in [0.717, 1.165) is 5.39 Å². The first-order chi connectivity index (χ1) is 14.5. The highest BCUT2D eigenvalue weighted by Crippen LogP contribution is 2.28. The number of hydrogen-bond donors (Lipinski definition) is 0. The first-order valence-electron chi connectivity index (χ1n) is 8.93. The van der Waals surface area contributed by atoms with Crippen LogP contribution in [0.3, 0.4) is 0 Å². The third-order valence-corrected chi connectivity index (χ3v) is 4.64. The molecule has 152 valence electrons. The van der Waals surface area contributed by atoms with Gasteiger partial charge in [0.1, 0.15) is 23.8 Å². The van der Waals surface area contributed by atoms with Crippen LogP contribution in [0.2, 0.25) is 0 Å². The fraction of sp³-hybridized carbons (Fsp3) is 0.150. The van der Waals surface area contributed by atoms with Crippen molar-refractivity contribution in [3.63, 3.8) is 0 Å². The topological polar surface area (TPSA) is 114 Å². The summed E-state index contributed by atoms with van der Waals surface area (Å²) in [4.78, 5) is 22.7. The number of benzene rings is 2. The maximum atomic E-state index is 12.3. The van der Waals surface area contributed by atoms with E-state index >= 15 is 0 Å².